The van der Waals surface area contributed by atoms with Crippen LogP contribution in [0.5, 0.6) is 0 Å². The minimum Gasteiger partial charge on any atom is -0.369 e. The molecule has 0 aliphatic rings. The molecule has 33 heavy (non-hydrogen) atoms. The van der Waals surface area contributed by atoms with Crippen LogP contribution < -0.4 is 0 Å². The summed E-state index contributed by atoms with van der Waals surface area (Å²) in [5.41, 5.74) is 3.11. The summed E-state index contributed by atoms with van der Waals surface area (Å²) < 4.78 is 8.26. The highest BCUT2D eigenvalue weighted by Crippen LogP contribution is 2.37. The van der Waals surface area contributed by atoms with Gasteiger partial charge in [-0.15, -0.1) is 0 Å². The van der Waals surface area contributed by atoms with Gasteiger partial charge in [0.1, 0.15) is 17.5 Å². The molecule has 0 saturated heterocycles. The molecule has 0 atom stereocenters. The van der Waals surface area contributed by atoms with Gasteiger partial charge in [0.15, 0.2) is 0 Å². The van der Waals surface area contributed by atoms with Crippen molar-refractivity contribution in [2.45, 2.75) is 49.4 Å². The highest BCUT2D eigenvalue weighted by atomic mass is 35.5. The van der Waals surface area contributed by atoms with Gasteiger partial charge in [-0.3, -0.25) is 4.98 Å². The van der Waals surface area contributed by atoms with Crippen LogP contribution in [0, 0.1) is 0 Å². The molecule has 0 N–H and O–H groups in total. The third-order valence-corrected chi connectivity index (χ3v) is 6.54. The van der Waals surface area contributed by atoms with Crippen molar-refractivity contribution < 1.29 is 4.74 Å². The summed E-state index contributed by atoms with van der Waals surface area (Å²) in [6.07, 6.45) is 1.81. The van der Waals surface area contributed by atoms with Crippen molar-refractivity contribution in [2.24, 2.45) is 0 Å². The fraction of sp³-hybridized carbons (Fsp3) is 0.231. The maximum atomic E-state index is 6.27. The Balaban J connectivity index is 1.68. The lowest BCUT2D eigenvalue weighted by Crippen LogP contribution is -2.09. The smallest absolute Gasteiger partial charge is 0.136 e. The van der Waals surface area contributed by atoms with E-state index in [4.69, 9.17) is 32.9 Å². The van der Waals surface area contributed by atoms with Crippen LogP contribution in [0.4, 0.5) is 0 Å². The molecule has 2 aromatic carbocycles. The average molecular weight is 498 g/mol. The van der Waals surface area contributed by atoms with Gasteiger partial charge in [-0.25, -0.2) is 4.98 Å². The van der Waals surface area contributed by atoms with Crippen molar-refractivity contribution in [1.82, 2.24) is 14.5 Å². The van der Waals surface area contributed by atoms with Crippen LogP contribution in [0.3, 0.4) is 0 Å². The molecule has 0 spiro atoms. The molecule has 4 aromatic rings. The fourth-order valence-corrected chi connectivity index (χ4v) is 5.36. The van der Waals surface area contributed by atoms with Crippen molar-refractivity contribution in [1.29, 1.82) is 0 Å². The van der Waals surface area contributed by atoms with E-state index in [1.807, 2.05) is 54.7 Å². The van der Waals surface area contributed by atoms with E-state index in [1.54, 1.807) is 17.8 Å². The number of nitrogens with zero attached hydrogens (tertiary/aromatic N) is 3. The Hall–Kier alpha value is -2.31. The van der Waals surface area contributed by atoms with Gasteiger partial charge >= 0.3 is 0 Å². The minimum atomic E-state index is 0.236. The van der Waals surface area contributed by atoms with Gasteiger partial charge in [0, 0.05) is 21.1 Å². The highest BCUT2D eigenvalue weighted by Gasteiger charge is 2.21. The summed E-state index contributed by atoms with van der Waals surface area (Å²) in [4.78, 5) is 10.5. The molecule has 0 fully saturated rings. The Morgan fingerprint density at radius 3 is 2.33 bits per heavy atom. The quantitative estimate of drug-likeness (QED) is 0.238. The number of benzene rings is 2. The second-order valence-corrected chi connectivity index (χ2v) is 9.90. The zero-order valence-corrected chi connectivity index (χ0v) is 20.9. The van der Waals surface area contributed by atoms with Crippen molar-refractivity contribution >= 4 is 35.0 Å². The maximum Gasteiger partial charge on any atom is 0.136 e. The van der Waals surface area contributed by atoms with Gasteiger partial charge in [-0.2, -0.15) is 0 Å². The standard InChI is InChI=1S/C26H25Cl2N3OS/c1-18(2)25-26(33-23-13-20(27)12-21(28)14-23)31(15-22-10-6-7-11-29-22)24(30-25)17-32-16-19-8-4-3-5-9-19/h3-14,18H,15-17H2,1-2H3. The van der Waals surface area contributed by atoms with E-state index in [-0.39, 0.29) is 5.92 Å². The molecule has 0 aliphatic heterocycles. The van der Waals surface area contributed by atoms with Gasteiger partial charge in [0.25, 0.3) is 0 Å². The van der Waals surface area contributed by atoms with Crippen LogP contribution in [-0.2, 0) is 24.5 Å². The van der Waals surface area contributed by atoms with E-state index in [0.29, 0.717) is 29.8 Å². The molecule has 0 radical (unpaired) electrons. The van der Waals surface area contributed by atoms with Crippen molar-refractivity contribution in [3.8, 4) is 0 Å². The van der Waals surface area contributed by atoms with E-state index in [9.17, 15) is 0 Å². The predicted octanol–water partition coefficient (Wildman–Crippen LogP) is 7.62. The number of pyridine rings is 1. The topological polar surface area (TPSA) is 39.9 Å². The Morgan fingerprint density at radius 2 is 1.67 bits per heavy atom. The second kappa shape index (κ2) is 11.2. The molecule has 4 nitrogen and oxygen atoms in total. The molecule has 0 saturated carbocycles. The highest BCUT2D eigenvalue weighted by molar-refractivity contribution is 7.99. The zero-order valence-electron chi connectivity index (χ0n) is 18.5. The Bertz CT molecular complexity index is 1180. The average Bonchev–Trinajstić information content (AvgIpc) is 3.12. The predicted molar refractivity (Wildman–Crippen MR) is 135 cm³/mol. The molecule has 0 aliphatic carbocycles. The van der Waals surface area contributed by atoms with E-state index < -0.39 is 0 Å². The first-order chi connectivity index (χ1) is 16.0. The van der Waals surface area contributed by atoms with Crippen LogP contribution in [-0.4, -0.2) is 14.5 Å². The van der Waals surface area contributed by atoms with Crippen molar-refractivity contribution in [2.75, 3.05) is 0 Å². The van der Waals surface area contributed by atoms with Gasteiger partial charge in [-0.05, 0) is 41.8 Å². The van der Waals surface area contributed by atoms with Crippen LogP contribution >= 0.6 is 35.0 Å². The lowest BCUT2D eigenvalue weighted by Gasteiger charge is -2.14. The molecule has 0 unspecified atom stereocenters. The molecule has 170 valence electrons. The summed E-state index contributed by atoms with van der Waals surface area (Å²) in [5, 5.41) is 2.27. The molecule has 2 aromatic heterocycles. The zero-order chi connectivity index (χ0) is 23.2. The SMILES string of the molecule is CC(C)c1nc(COCc2ccccc2)n(Cc2ccccn2)c1Sc1cc(Cl)cc(Cl)c1. The molecule has 0 amide bonds. The third kappa shape index (κ3) is 6.39. The number of imidazole rings is 1. The molecule has 4 rings (SSSR count). The van der Waals surface area contributed by atoms with E-state index >= 15 is 0 Å². The van der Waals surface area contributed by atoms with Crippen molar-refractivity contribution in [3.63, 3.8) is 0 Å². The number of ether oxygens (including phenoxy) is 1. The summed E-state index contributed by atoms with van der Waals surface area (Å²) >= 11 is 14.2. The first-order valence-corrected chi connectivity index (χ1v) is 12.3. The fourth-order valence-electron chi connectivity index (χ4n) is 3.45. The van der Waals surface area contributed by atoms with Crippen LogP contribution in [0.15, 0.2) is 82.8 Å². The van der Waals surface area contributed by atoms with E-state index in [1.165, 1.54) is 0 Å². The summed E-state index contributed by atoms with van der Waals surface area (Å²) in [6.45, 7) is 5.83. The Morgan fingerprint density at radius 1 is 0.939 bits per heavy atom. The molecular formula is C26H25Cl2N3OS. The number of halogens is 2. The van der Waals surface area contributed by atoms with Crippen LogP contribution in [0.25, 0.3) is 0 Å². The number of rotatable bonds is 9. The molecule has 0 bridgehead atoms. The first-order valence-electron chi connectivity index (χ1n) is 10.7. The normalized spacial score (nSPS) is 11.3. The largest absolute Gasteiger partial charge is 0.369 e. The second-order valence-electron chi connectivity index (χ2n) is 7.97. The van der Waals surface area contributed by atoms with Gasteiger partial charge in [0.2, 0.25) is 0 Å². The van der Waals surface area contributed by atoms with Crippen molar-refractivity contribution in [3.05, 3.63) is 106 Å². The van der Waals surface area contributed by atoms with Gasteiger partial charge in [-0.1, -0.05) is 85.2 Å². The van der Waals surface area contributed by atoms with Gasteiger partial charge < -0.3 is 9.30 Å². The third-order valence-electron chi connectivity index (χ3n) is 5.01. The summed E-state index contributed by atoms with van der Waals surface area (Å²) in [5.74, 6) is 1.11. The Kier molecular flexibility index (Phi) is 8.10. The summed E-state index contributed by atoms with van der Waals surface area (Å²) in [7, 11) is 0. The molecular weight excluding hydrogens is 473 g/mol. The van der Waals surface area contributed by atoms with Crippen LogP contribution in [0.2, 0.25) is 10.0 Å². The lowest BCUT2D eigenvalue weighted by molar-refractivity contribution is 0.0991. The van der Waals surface area contributed by atoms with E-state index in [2.05, 4.69) is 35.5 Å². The number of hydrogen-bond donors (Lipinski definition) is 0. The number of aromatic nitrogens is 3. The lowest BCUT2D eigenvalue weighted by atomic mass is 10.1. The van der Waals surface area contributed by atoms with E-state index in [0.717, 1.165) is 32.7 Å². The summed E-state index contributed by atoms with van der Waals surface area (Å²) in [6, 6.07) is 21.7. The number of hydrogen-bond acceptors (Lipinski definition) is 4. The van der Waals surface area contributed by atoms with Gasteiger partial charge in [0.05, 0.1) is 24.5 Å². The monoisotopic (exact) mass is 497 g/mol. The maximum absolute atomic E-state index is 6.27. The first kappa shape index (κ1) is 23.8. The molecule has 2 heterocycles. The molecule has 7 heteroatoms. The minimum absolute atomic E-state index is 0.236. The van der Waals surface area contributed by atoms with Crippen LogP contribution in [0.1, 0.15) is 42.5 Å². The Labute approximate surface area is 208 Å².